The van der Waals surface area contributed by atoms with Crippen LogP contribution in [0.15, 0.2) is 36.4 Å². The maximum atomic E-state index is 13.3. The first kappa shape index (κ1) is 14.9. The summed E-state index contributed by atoms with van der Waals surface area (Å²) in [5, 5.41) is 0. The van der Waals surface area contributed by atoms with Crippen molar-refractivity contribution in [3.05, 3.63) is 42.0 Å². The van der Waals surface area contributed by atoms with Gasteiger partial charge in [-0.1, -0.05) is 12.2 Å². The van der Waals surface area contributed by atoms with Gasteiger partial charge in [0.1, 0.15) is 0 Å². The summed E-state index contributed by atoms with van der Waals surface area (Å²) in [4.78, 5) is 39.3. The summed E-state index contributed by atoms with van der Waals surface area (Å²) in [7, 11) is 1.32. The Morgan fingerprint density at radius 2 is 1.84 bits per heavy atom. The molecule has 0 radical (unpaired) electrons. The van der Waals surface area contributed by atoms with E-state index in [9.17, 15) is 14.4 Å². The number of rotatable bonds is 2. The fraction of sp³-hybridized carbons (Fsp3) is 0.450. The van der Waals surface area contributed by atoms with E-state index < -0.39 is 11.4 Å². The first-order chi connectivity index (χ1) is 11.9. The molecule has 1 saturated heterocycles. The zero-order valence-corrected chi connectivity index (χ0v) is 14.2. The summed E-state index contributed by atoms with van der Waals surface area (Å²) in [6.07, 6.45) is 6.58. The number of amides is 2. The van der Waals surface area contributed by atoms with E-state index in [1.165, 1.54) is 12.0 Å². The minimum Gasteiger partial charge on any atom is -0.465 e. The highest BCUT2D eigenvalue weighted by molar-refractivity contribution is 6.24. The summed E-state index contributed by atoms with van der Waals surface area (Å²) >= 11 is 0. The summed E-state index contributed by atoms with van der Waals surface area (Å²) < 4.78 is 4.69. The van der Waals surface area contributed by atoms with E-state index in [0.717, 1.165) is 12.8 Å². The highest BCUT2D eigenvalue weighted by Crippen LogP contribution is 2.77. The van der Waals surface area contributed by atoms with Crippen molar-refractivity contribution >= 4 is 23.5 Å². The molecule has 0 aromatic heterocycles. The Balaban J connectivity index is 1.53. The van der Waals surface area contributed by atoms with Crippen molar-refractivity contribution in [3.8, 4) is 0 Å². The normalized spacial score (nSPS) is 36.2. The summed E-state index contributed by atoms with van der Waals surface area (Å²) in [6, 6.07) is 6.48. The Hall–Kier alpha value is -2.43. The van der Waals surface area contributed by atoms with Crippen LogP contribution in [0.5, 0.6) is 0 Å². The van der Waals surface area contributed by atoms with Crippen molar-refractivity contribution < 1.29 is 19.1 Å². The molecular formula is C20H19NO4. The molecule has 4 aliphatic rings. The lowest BCUT2D eigenvalue weighted by molar-refractivity contribution is -0.127. The molecule has 1 aromatic carbocycles. The van der Waals surface area contributed by atoms with Gasteiger partial charge in [0, 0.05) is 0 Å². The maximum absolute atomic E-state index is 13.3. The van der Waals surface area contributed by atoms with Gasteiger partial charge >= 0.3 is 5.97 Å². The number of nitrogens with zero attached hydrogens (tertiary/aromatic N) is 1. The molecule has 1 spiro atoms. The first-order valence-corrected chi connectivity index (χ1v) is 8.70. The lowest BCUT2D eigenvalue weighted by atomic mass is 9.71. The maximum Gasteiger partial charge on any atom is 0.337 e. The van der Waals surface area contributed by atoms with E-state index in [2.05, 4.69) is 12.2 Å². The summed E-state index contributed by atoms with van der Waals surface area (Å²) in [5.41, 5.74) is 0.470. The third kappa shape index (κ3) is 1.53. The van der Waals surface area contributed by atoms with E-state index in [0.29, 0.717) is 11.3 Å². The molecule has 0 N–H and O–H groups in total. The molecule has 2 amide bonds. The lowest BCUT2D eigenvalue weighted by Gasteiger charge is -2.29. The minimum atomic E-state index is -0.631. The van der Waals surface area contributed by atoms with Crippen molar-refractivity contribution in [2.75, 3.05) is 12.0 Å². The van der Waals surface area contributed by atoms with E-state index in [1.54, 1.807) is 24.3 Å². The van der Waals surface area contributed by atoms with E-state index in [1.807, 2.05) is 6.92 Å². The number of allylic oxidation sites excluding steroid dienone is 2. The molecule has 1 aromatic rings. The number of benzene rings is 1. The minimum absolute atomic E-state index is 0.0959. The van der Waals surface area contributed by atoms with Crippen molar-refractivity contribution in [1.82, 2.24) is 0 Å². The van der Waals surface area contributed by atoms with Gasteiger partial charge in [-0.3, -0.25) is 9.59 Å². The van der Waals surface area contributed by atoms with Crippen LogP contribution in [-0.2, 0) is 14.3 Å². The van der Waals surface area contributed by atoms with Crippen molar-refractivity contribution in [2.24, 2.45) is 28.6 Å². The van der Waals surface area contributed by atoms with E-state index in [4.69, 9.17) is 4.74 Å². The third-order valence-corrected chi connectivity index (χ3v) is 6.97. The van der Waals surface area contributed by atoms with Crippen molar-refractivity contribution in [2.45, 2.75) is 19.8 Å². The van der Waals surface area contributed by atoms with Gasteiger partial charge in [0.2, 0.25) is 11.8 Å². The smallest absolute Gasteiger partial charge is 0.337 e. The van der Waals surface area contributed by atoms with Gasteiger partial charge in [0.05, 0.1) is 29.7 Å². The van der Waals surface area contributed by atoms with Gasteiger partial charge in [-0.05, 0) is 61.3 Å². The molecule has 5 rings (SSSR count). The van der Waals surface area contributed by atoms with Gasteiger partial charge in [0.15, 0.2) is 0 Å². The number of anilines is 1. The lowest BCUT2D eigenvalue weighted by Crippen LogP contribution is -2.39. The molecule has 1 aliphatic heterocycles. The van der Waals surface area contributed by atoms with E-state index in [-0.39, 0.29) is 35.0 Å². The number of imide groups is 1. The molecule has 4 atom stereocenters. The van der Waals surface area contributed by atoms with Crippen molar-refractivity contribution in [3.63, 3.8) is 0 Å². The largest absolute Gasteiger partial charge is 0.465 e. The predicted octanol–water partition coefficient (Wildman–Crippen LogP) is 2.56. The standard InChI is InChI=1S/C20H19NO4/c1-19-14-8-7-13(20(14)9-10-20)15(19)16(22)21(18(19)24)12-5-3-11(4-6-12)17(23)25-2/h3-8,13-15H,9-10H2,1-2H3/t13-,14-,15+,19+/m1/s1. The Morgan fingerprint density at radius 3 is 2.40 bits per heavy atom. The second kappa shape index (κ2) is 4.40. The molecule has 5 heteroatoms. The number of methoxy groups -OCH3 is 1. The SMILES string of the molecule is COC(=O)c1ccc(N2C(=O)[C@@H]3[C@H]4C=C[C@@H](C45CC5)[C@]3(C)C2=O)cc1. The van der Waals surface area contributed by atoms with Gasteiger partial charge in [-0.2, -0.15) is 0 Å². The van der Waals surface area contributed by atoms with Crippen LogP contribution in [0.3, 0.4) is 0 Å². The first-order valence-electron chi connectivity index (χ1n) is 8.70. The average Bonchev–Trinajstić information content (AvgIpc) is 3.23. The molecule has 0 unspecified atom stereocenters. The molecule has 128 valence electrons. The molecular weight excluding hydrogens is 318 g/mol. The van der Waals surface area contributed by atoms with Crippen LogP contribution in [0, 0.1) is 28.6 Å². The van der Waals surface area contributed by atoms with Crippen LogP contribution < -0.4 is 4.90 Å². The molecule has 3 fully saturated rings. The van der Waals surface area contributed by atoms with Crippen LogP contribution in [0.2, 0.25) is 0 Å². The molecule has 2 bridgehead atoms. The fourth-order valence-corrected chi connectivity index (χ4v) is 5.68. The highest BCUT2D eigenvalue weighted by Gasteiger charge is 2.78. The third-order valence-electron chi connectivity index (χ3n) is 6.97. The highest BCUT2D eigenvalue weighted by atomic mass is 16.5. The Morgan fingerprint density at radius 1 is 1.16 bits per heavy atom. The summed E-state index contributed by atoms with van der Waals surface area (Å²) in [6.45, 7) is 1.97. The van der Waals surface area contributed by atoms with Crippen LogP contribution in [0.1, 0.15) is 30.1 Å². The monoisotopic (exact) mass is 337 g/mol. The topological polar surface area (TPSA) is 63.7 Å². The second-order valence-corrected chi connectivity index (χ2v) is 7.90. The van der Waals surface area contributed by atoms with Gasteiger partial charge in [0.25, 0.3) is 0 Å². The summed E-state index contributed by atoms with van der Waals surface area (Å²) in [5.74, 6) is -0.521. The van der Waals surface area contributed by atoms with E-state index >= 15 is 0 Å². The van der Waals surface area contributed by atoms with Crippen LogP contribution in [-0.4, -0.2) is 24.9 Å². The average molecular weight is 337 g/mol. The number of carbonyl (C=O) groups is 3. The number of ether oxygens (including phenoxy) is 1. The Labute approximate surface area is 145 Å². The molecule has 5 nitrogen and oxygen atoms in total. The second-order valence-electron chi connectivity index (χ2n) is 7.90. The molecule has 2 saturated carbocycles. The predicted molar refractivity (Wildman–Crippen MR) is 89.7 cm³/mol. The zero-order chi connectivity index (χ0) is 17.6. The number of hydrogen-bond donors (Lipinski definition) is 0. The molecule has 25 heavy (non-hydrogen) atoms. The quantitative estimate of drug-likeness (QED) is 0.473. The fourth-order valence-electron chi connectivity index (χ4n) is 5.68. The molecule has 3 aliphatic carbocycles. The van der Waals surface area contributed by atoms with Crippen molar-refractivity contribution in [1.29, 1.82) is 0 Å². The Kier molecular flexibility index (Phi) is 2.61. The van der Waals surface area contributed by atoms with Gasteiger partial charge < -0.3 is 4.74 Å². The van der Waals surface area contributed by atoms with Crippen LogP contribution in [0.25, 0.3) is 0 Å². The number of carbonyl (C=O) groups excluding carboxylic acids is 3. The zero-order valence-electron chi connectivity index (χ0n) is 14.2. The number of hydrogen-bond acceptors (Lipinski definition) is 4. The van der Waals surface area contributed by atoms with Gasteiger partial charge in [-0.25, -0.2) is 9.69 Å². The van der Waals surface area contributed by atoms with Crippen LogP contribution >= 0.6 is 0 Å². The van der Waals surface area contributed by atoms with Gasteiger partial charge in [-0.15, -0.1) is 0 Å². The van der Waals surface area contributed by atoms with Crippen LogP contribution in [0.4, 0.5) is 5.69 Å². The number of fused-ring (bicyclic) bond motifs is 3. The number of esters is 1. The Bertz CT molecular complexity index is 851. The molecule has 1 heterocycles.